The van der Waals surface area contributed by atoms with Crippen molar-refractivity contribution >= 4 is 5.82 Å². The molecular formula is C10H13N5O. The van der Waals surface area contributed by atoms with Crippen LogP contribution in [0.1, 0.15) is 11.4 Å². The van der Waals surface area contributed by atoms with E-state index in [4.69, 9.17) is 10.5 Å². The Morgan fingerprint density at radius 3 is 2.88 bits per heavy atom. The van der Waals surface area contributed by atoms with Crippen LogP contribution in [-0.4, -0.2) is 27.1 Å². The first-order chi connectivity index (χ1) is 7.67. The second-order valence-corrected chi connectivity index (χ2v) is 3.48. The molecule has 0 unspecified atom stereocenters. The molecule has 16 heavy (non-hydrogen) atoms. The van der Waals surface area contributed by atoms with Crippen molar-refractivity contribution in [3.63, 3.8) is 0 Å². The maximum Gasteiger partial charge on any atom is 0.165 e. The molecular weight excluding hydrogens is 206 g/mol. The summed E-state index contributed by atoms with van der Waals surface area (Å²) in [5, 5.41) is 7.57. The SMILES string of the molecule is COc1cc(C)nc(Cn2cc(N)nn2)c1. The van der Waals surface area contributed by atoms with E-state index in [-0.39, 0.29) is 0 Å². The van der Waals surface area contributed by atoms with Crippen LogP contribution in [0.25, 0.3) is 0 Å². The van der Waals surface area contributed by atoms with Crippen LogP contribution in [0.2, 0.25) is 0 Å². The highest BCUT2D eigenvalue weighted by atomic mass is 16.5. The number of nitrogen functional groups attached to an aromatic ring is 1. The lowest BCUT2D eigenvalue weighted by molar-refractivity contribution is 0.412. The summed E-state index contributed by atoms with van der Waals surface area (Å²) in [6.45, 7) is 2.45. The van der Waals surface area contributed by atoms with E-state index >= 15 is 0 Å². The number of aryl methyl sites for hydroxylation is 1. The van der Waals surface area contributed by atoms with Crippen LogP contribution >= 0.6 is 0 Å². The van der Waals surface area contributed by atoms with Crippen LogP contribution in [0, 0.1) is 6.92 Å². The van der Waals surface area contributed by atoms with Crippen LogP contribution in [0.15, 0.2) is 18.3 Å². The lowest BCUT2D eigenvalue weighted by Crippen LogP contribution is -2.04. The molecule has 6 heteroatoms. The maximum absolute atomic E-state index is 5.48. The van der Waals surface area contributed by atoms with Crippen LogP contribution in [0.4, 0.5) is 5.82 Å². The minimum Gasteiger partial charge on any atom is -0.497 e. The molecule has 0 radical (unpaired) electrons. The number of ether oxygens (including phenoxy) is 1. The molecule has 84 valence electrons. The largest absolute Gasteiger partial charge is 0.497 e. The summed E-state index contributed by atoms with van der Waals surface area (Å²) < 4.78 is 6.80. The second kappa shape index (κ2) is 4.18. The number of anilines is 1. The van der Waals surface area contributed by atoms with E-state index < -0.39 is 0 Å². The first kappa shape index (κ1) is 10.4. The Hall–Kier alpha value is -2.11. The summed E-state index contributed by atoms with van der Waals surface area (Å²) in [6, 6.07) is 3.74. The first-order valence-electron chi connectivity index (χ1n) is 4.84. The molecule has 0 spiro atoms. The number of hydrogen-bond donors (Lipinski definition) is 1. The molecule has 0 aliphatic carbocycles. The molecule has 0 atom stereocenters. The van der Waals surface area contributed by atoms with Crippen LogP contribution in [0.5, 0.6) is 5.75 Å². The minimum atomic E-state index is 0.402. The van der Waals surface area contributed by atoms with Gasteiger partial charge in [-0.2, -0.15) is 0 Å². The molecule has 2 aromatic rings. The third-order valence-electron chi connectivity index (χ3n) is 2.10. The standard InChI is InChI=1S/C10H13N5O/c1-7-3-9(16-2)4-8(12-7)5-15-6-10(11)13-14-15/h3-4,6H,5,11H2,1-2H3. The van der Waals surface area contributed by atoms with Crippen molar-refractivity contribution < 1.29 is 4.74 Å². The number of methoxy groups -OCH3 is 1. The fourth-order valence-electron chi connectivity index (χ4n) is 1.46. The molecule has 0 amide bonds. The molecule has 2 heterocycles. The molecule has 0 saturated carbocycles. The van der Waals surface area contributed by atoms with Gasteiger partial charge in [0.2, 0.25) is 0 Å². The molecule has 0 aromatic carbocycles. The lowest BCUT2D eigenvalue weighted by Gasteiger charge is -2.05. The summed E-state index contributed by atoms with van der Waals surface area (Å²) in [6.07, 6.45) is 1.66. The van der Waals surface area contributed by atoms with E-state index in [2.05, 4.69) is 15.3 Å². The van der Waals surface area contributed by atoms with Crippen molar-refractivity contribution in [2.45, 2.75) is 13.5 Å². The Labute approximate surface area is 93.1 Å². The Kier molecular flexibility index (Phi) is 2.72. The first-order valence-corrected chi connectivity index (χ1v) is 4.84. The van der Waals surface area contributed by atoms with Crippen LogP contribution in [0.3, 0.4) is 0 Å². The van der Waals surface area contributed by atoms with Gasteiger partial charge in [0, 0.05) is 17.8 Å². The molecule has 0 saturated heterocycles. The second-order valence-electron chi connectivity index (χ2n) is 3.48. The molecule has 0 fully saturated rings. The average Bonchev–Trinajstić information content (AvgIpc) is 2.63. The van der Waals surface area contributed by atoms with Gasteiger partial charge in [0.1, 0.15) is 5.75 Å². The van der Waals surface area contributed by atoms with Crippen molar-refractivity contribution in [2.75, 3.05) is 12.8 Å². The van der Waals surface area contributed by atoms with Gasteiger partial charge in [0.15, 0.2) is 5.82 Å². The highest BCUT2D eigenvalue weighted by Gasteiger charge is 2.03. The topological polar surface area (TPSA) is 78.9 Å². The quantitative estimate of drug-likeness (QED) is 0.818. The summed E-state index contributed by atoms with van der Waals surface area (Å²) in [7, 11) is 1.63. The highest BCUT2D eigenvalue weighted by Crippen LogP contribution is 2.14. The van der Waals surface area contributed by atoms with Crippen molar-refractivity contribution in [3.8, 4) is 5.75 Å². The van der Waals surface area contributed by atoms with Gasteiger partial charge in [-0.25, -0.2) is 4.68 Å². The lowest BCUT2D eigenvalue weighted by atomic mass is 10.3. The third kappa shape index (κ3) is 2.28. The number of pyridine rings is 1. The van der Waals surface area contributed by atoms with Crippen LogP contribution < -0.4 is 10.5 Å². The zero-order valence-electron chi connectivity index (χ0n) is 9.21. The summed E-state index contributed by atoms with van der Waals surface area (Å²) in [5.41, 5.74) is 7.25. The van der Waals surface area contributed by atoms with Gasteiger partial charge < -0.3 is 10.5 Å². The molecule has 2 aromatic heterocycles. The van der Waals surface area contributed by atoms with E-state index in [9.17, 15) is 0 Å². The smallest absolute Gasteiger partial charge is 0.165 e. The fourth-order valence-corrected chi connectivity index (χ4v) is 1.46. The van der Waals surface area contributed by atoms with Crippen LogP contribution in [-0.2, 0) is 6.54 Å². The molecule has 2 N–H and O–H groups in total. The number of hydrogen-bond acceptors (Lipinski definition) is 5. The van der Waals surface area contributed by atoms with Gasteiger partial charge >= 0.3 is 0 Å². The fraction of sp³-hybridized carbons (Fsp3) is 0.300. The van der Waals surface area contributed by atoms with Gasteiger partial charge in [-0.05, 0) is 6.92 Å². The van der Waals surface area contributed by atoms with Gasteiger partial charge in [0.25, 0.3) is 0 Å². The van der Waals surface area contributed by atoms with Gasteiger partial charge in [-0.3, -0.25) is 4.98 Å². The van der Waals surface area contributed by atoms with Crippen molar-refractivity contribution in [2.24, 2.45) is 0 Å². The van der Waals surface area contributed by atoms with E-state index in [1.165, 1.54) is 0 Å². The van der Waals surface area contributed by atoms with Crippen molar-refractivity contribution in [1.29, 1.82) is 0 Å². The predicted octanol–water partition coefficient (Wildman–Crippen LogP) is 0.621. The van der Waals surface area contributed by atoms with E-state index in [1.807, 2.05) is 19.1 Å². The molecule has 0 bridgehead atoms. The summed E-state index contributed by atoms with van der Waals surface area (Å²) in [4.78, 5) is 4.38. The monoisotopic (exact) mass is 219 g/mol. The Bertz CT molecular complexity index is 494. The Balaban J connectivity index is 2.24. The Morgan fingerprint density at radius 2 is 2.25 bits per heavy atom. The van der Waals surface area contributed by atoms with Gasteiger partial charge in [0.05, 0.1) is 25.5 Å². The predicted molar refractivity (Wildman–Crippen MR) is 59.1 cm³/mol. The molecule has 0 aliphatic rings. The molecule has 0 aliphatic heterocycles. The van der Waals surface area contributed by atoms with E-state index in [0.717, 1.165) is 17.1 Å². The zero-order chi connectivity index (χ0) is 11.5. The molecule has 2 rings (SSSR count). The maximum atomic E-state index is 5.48. The van der Waals surface area contributed by atoms with Crippen molar-refractivity contribution in [1.82, 2.24) is 20.0 Å². The van der Waals surface area contributed by atoms with Gasteiger partial charge in [-0.15, -0.1) is 5.10 Å². The number of rotatable bonds is 3. The number of aromatic nitrogens is 4. The summed E-state index contributed by atoms with van der Waals surface area (Å²) in [5.74, 6) is 1.19. The zero-order valence-corrected chi connectivity index (χ0v) is 9.21. The van der Waals surface area contributed by atoms with E-state index in [0.29, 0.717) is 12.4 Å². The van der Waals surface area contributed by atoms with E-state index in [1.54, 1.807) is 18.0 Å². The Morgan fingerprint density at radius 1 is 1.44 bits per heavy atom. The average molecular weight is 219 g/mol. The normalized spacial score (nSPS) is 10.4. The molecule has 6 nitrogen and oxygen atoms in total. The highest BCUT2D eigenvalue weighted by molar-refractivity contribution is 5.27. The summed E-state index contributed by atoms with van der Waals surface area (Å²) >= 11 is 0. The number of nitrogens with two attached hydrogens (primary N) is 1. The third-order valence-corrected chi connectivity index (χ3v) is 2.10. The minimum absolute atomic E-state index is 0.402. The van der Waals surface area contributed by atoms with Crippen molar-refractivity contribution in [3.05, 3.63) is 29.7 Å². The van der Waals surface area contributed by atoms with Gasteiger partial charge in [-0.1, -0.05) is 5.21 Å². The number of nitrogens with zero attached hydrogens (tertiary/aromatic N) is 4.